The molecular formula is C10H16O. The molecule has 0 amide bonds. The zero-order valence-electron chi connectivity index (χ0n) is 7.18. The van der Waals surface area contributed by atoms with Crippen molar-refractivity contribution in [2.45, 2.75) is 39.0 Å². The lowest BCUT2D eigenvalue weighted by molar-refractivity contribution is -0.123. The fraction of sp³-hybridized carbons (Fsp3) is 0.900. The lowest BCUT2D eigenvalue weighted by Gasteiger charge is -2.29. The molecule has 0 saturated heterocycles. The van der Waals surface area contributed by atoms with Crippen LogP contribution in [0.2, 0.25) is 0 Å². The number of hydrogen-bond acceptors (Lipinski definition) is 1. The van der Waals surface area contributed by atoms with Gasteiger partial charge in [-0.1, -0.05) is 19.8 Å². The molecule has 11 heavy (non-hydrogen) atoms. The number of hydrogen-bond donors (Lipinski definition) is 0. The number of rotatable bonds is 0. The Labute approximate surface area is 68.2 Å². The first kappa shape index (κ1) is 7.33. The Bertz CT molecular complexity index is 174. The van der Waals surface area contributed by atoms with Gasteiger partial charge < -0.3 is 0 Å². The van der Waals surface area contributed by atoms with E-state index in [-0.39, 0.29) is 0 Å². The van der Waals surface area contributed by atoms with E-state index in [4.69, 9.17) is 0 Å². The second kappa shape index (κ2) is 2.62. The Morgan fingerprint density at radius 2 is 2.09 bits per heavy atom. The van der Waals surface area contributed by atoms with E-state index in [0.29, 0.717) is 17.6 Å². The van der Waals surface area contributed by atoms with E-state index < -0.39 is 0 Å². The lowest BCUT2D eigenvalue weighted by Crippen LogP contribution is -2.26. The fourth-order valence-electron chi connectivity index (χ4n) is 2.92. The highest BCUT2D eigenvalue weighted by Crippen LogP contribution is 2.42. The molecule has 0 aromatic heterocycles. The van der Waals surface area contributed by atoms with Crippen LogP contribution in [0.4, 0.5) is 0 Å². The molecule has 0 heterocycles. The Morgan fingerprint density at radius 3 is 2.82 bits per heavy atom. The summed E-state index contributed by atoms with van der Waals surface area (Å²) in [4.78, 5) is 11.4. The molecule has 1 nitrogen and oxygen atoms in total. The van der Waals surface area contributed by atoms with E-state index in [1.807, 2.05) is 0 Å². The van der Waals surface area contributed by atoms with Gasteiger partial charge in [0.1, 0.15) is 5.78 Å². The van der Waals surface area contributed by atoms with Crippen molar-refractivity contribution in [2.75, 3.05) is 0 Å². The fourth-order valence-corrected chi connectivity index (χ4v) is 2.92. The van der Waals surface area contributed by atoms with Crippen molar-refractivity contribution in [2.24, 2.45) is 17.8 Å². The van der Waals surface area contributed by atoms with Gasteiger partial charge in [0.05, 0.1) is 0 Å². The average molecular weight is 152 g/mol. The number of fused-ring (bicyclic) bond motifs is 1. The van der Waals surface area contributed by atoms with Gasteiger partial charge in [-0.25, -0.2) is 0 Å². The molecule has 2 rings (SSSR count). The zero-order chi connectivity index (χ0) is 7.84. The van der Waals surface area contributed by atoms with Crippen LogP contribution < -0.4 is 0 Å². The standard InChI is InChI=1S/C10H16O/c1-7-3-2-4-8-5-6-9(11)10(7)8/h7-8,10H,2-6H2,1H3/t7?,8-,10+/m0/s1. The van der Waals surface area contributed by atoms with Crippen LogP contribution in [-0.2, 0) is 4.79 Å². The second-order valence-electron chi connectivity index (χ2n) is 4.20. The quantitative estimate of drug-likeness (QED) is 0.521. The van der Waals surface area contributed by atoms with Crippen molar-refractivity contribution in [3.8, 4) is 0 Å². The topological polar surface area (TPSA) is 17.1 Å². The van der Waals surface area contributed by atoms with Crippen molar-refractivity contribution >= 4 is 5.78 Å². The van der Waals surface area contributed by atoms with Crippen molar-refractivity contribution in [1.29, 1.82) is 0 Å². The summed E-state index contributed by atoms with van der Waals surface area (Å²) >= 11 is 0. The smallest absolute Gasteiger partial charge is 0.136 e. The van der Waals surface area contributed by atoms with Crippen LogP contribution in [-0.4, -0.2) is 5.78 Å². The number of Topliss-reactive ketones (excluding diaryl/α,β-unsaturated/α-hetero) is 1. The van der Waals surface area contributed by atoms with Crippen molar-refractivity contribution in [1.82, 2.24) is 0 Å². The molecule has 2 aliphatic carbocycles. The Hall–Kier alpha value is -0.330. The predicted molar refractivity (Wildman–Crippen MR) is 44.2 cm³/mol. The highest BCUT2D eigenvalue weighted by atomic mass is 16.1. The molecule has 0 bridgehead atoms. The number of carbonyl (C=O) groups excluding carboxylic acids is 1. The van der Waals surface area contributed by atoms with Gasteiger partial charge in [0.25, 0.3) is 0 Å². The van der Waals surface area contributed by atoms with E-state index >= 15 is 0 Å². The normalized spacial score (nSPS) is 44.1. The molecule has 2 saturated carbocycles. The summed E-state index contributed by atoms with van der Waals surface area (Å²) in [6.45, 7) is 2.25. The summed E-state index contributed by atoms with van der Waals surface area (Å²) in [6, 6.07) is 0. The summed E-state index contributed by atoms with van der Waals surface area (Å²) in [5.41, 5.74) is 0. The molecule has 0 N–H and O–H groups in total. The minimum absolute atomic E-state index is 0.462. The summed E-state index contributed by atoms with van der Waals surface area (Å²) in [7, 11) is 0. The molecule has 62 valence electrons. The van der Waals surface area contributed by atoms with Crippen LogP contribution >= 0.6 is 0 Å². The minimum Gasteiger partial charge on any atom is -0.299 e. The van der Waals surface area contributed by atoms with Crippen LogP contribution in [0.5, 0.6) is 0 Å². The maximum absolute atomic E-state index is 11.4. The first-order valence-electron chi connectivity index (χ1n) is 4.82. The molecule has 0 radical (unpaired) electrons. The van der Waals surface area contributed by atoms with Gasteiger partial charge in [0.15, 0.2) is 0 Å². The summed E-state index contributed by atoms with van der Waals surface area (Å²) in [6.07, 6.45) is 6.02. The van der Waals surface area contributed by atoms with Crippen molar-refractivity contribution in [3.05, 3.63) is 0 Å². The van der Waals surface area contributed by atoms with E-state index in [1.54, 1.807) is 0 Å². The number of carbonyl (C=O) groups is 1. The highest BCUT2D eigenvalue weighted by Gasteiger charge is 2.39. The molecule has 0 aromatic rings. The summed E-state index contributed by atoms with van der Waals surface area (Å²) in [5, 5.41) is 0. The zero-order valence-corrected chi connectivity index (χ0v) is 7.18. The predicted octanol–water partition coefficient (Wildman–Crippen LogP) is 2.40. The Kier molecular flexibility index (Phi) is 1.74. The Morgan fingerprint density at radius 1 is 1.27 bits per heavy atom. The third-order valence-electron chi connectivity index (χ3n) is 3.49. The van der Waals surface area contributed by atoms with Crippen LogP contribution in [0.1, 0.15) is 39.0 Å². The lowest BCUT2D eigenvalue weighted by atomic mass is 9.74. The van der Waals surface area contributed by atoms with Crippen molar-refractivity contribution < 1.29 is 4.79 Å². The van der Waals surface area contributed by atoms with E-state index in [0.717, 1.165) is 12.3 Å². The van der Waals surface area contributed by atoms with Crippen LogP contribution in [0.3, 0.4) is 0 Å². The third kappa shape index (κ3) is 1.11. The molecule has 1 unspecified atom stereocenters. The summed E-state index contributed by atoms with van der Waals surface area (Å²) < 4.78 is 0. The molecular weight excluding hydrogens is 136 g/mol. The maximum atomic E-state index is 11.4. The highest BCUT2D eigenvalue weighted by molar-refractivity contribution is 5.83. The third-order valence-corrected chi connectivity index (χ3v) is 3.49. The maximum Gasteiger partial charge on any atom is 0.136 e. The molecule has 0 spiro atoms. The second-order valence-corrected chi connectivity index (χ2v) is 4.20. The summed E-state index contributed by atoms with van der Waals surface area (Å²) in [5.74, 6) is 2.47. The monoisotopic (exact) mass is 152 g/mol. The van der Waals surface area contributed by atoms with Gasteiger partial charge >= 0.3 is 0 Å². The molecule has 2 aliphatic rings. The van der Waals surface area contributed by atoms with Gasteiger partial charge in [-0.2, -0.15) is 0 Å². The van der Waals surface area contributed by atoms with E-state index in [1.165, 1.54) is 25.7 Å². The van der Waals surface area contributed by atoms with Gasteiger partial charge in [-0.15, -0.1) is 0 Å². The largest absolute Gasteiger partial charge is 0.299 e. The molecule has 1 heteroatoms. The minimum atomic E-state index is 0.462. The molecule has 0 aromatic carbocycles. The van der Waals surface area contributed by atoms with Crippen LogP contribution in [0.25, 0.3) is 0 Å². The Balaban J connectivity index is 2.14. The molecule has 0 aliphatic heterocycles. The average Bonchev–Trinajstić information content (AvgIpc) is 2.34. The van der Waals surface area contributed by atoms with E-state index in [9.17, 15) is 4.79 Å². The first-order chi connectivity index (χ1) is 5.29. The first-order valence-corrected chi connectivity index (χ1v) is 4.82. The molecule has 2 fully saturated rings. The van der Waals surface area contributed by atoms with Crippen LogP contribution in [0.15, 0.2) is 0 Å². The molecule has 3 atom stereocenters. The van der Waals surface area contributed by atoms with Crippen molar-refractivity contribution in [3.63, 3.8) is 0 Å². The van der Waals surface area contributed by atoms with Crippen LogP contribution in [0, 0.1) is 17.8 Å². The SMILES string of the molecule is CC1CCC[C@H]2CCC(=O)[C@H]12. The van der Waals surface area contributed by atoms with Gasteiger partial charge in [0, 0.05) is 12.3 Å². The van der Waals surface area contributed by atoms with E-state index in [2.05, 4.69) is 6.92 Å². The van der Waals surface area contributed by atoms with Gasteiger partial charge in [-0.05, 0) is 24.7 Å². The van der Waals surface area contributed by atoms with Gasteiger partial charge in [-0.3, -0.25) is 4.79 Å². The number of ketones is 1. The van der Waals surface area contributed by atoms with Gasteiger partial charge in [0.2, 0.25) is 0 Å².